The number of likely N-dealkylation sites (tertiary alicyclic amines) is 1. The molecule has 19 heavy (non-hydrogen) atoms. The number of aliphatic hydroxyl groups is 1. The quantitative estimate of drug-likeness (QED) is 0.707. The van der Waals surface area contributed by atoms with Crippen LogP contribution in [-0.2, 0) is 14.3 Å². The van der Waals surface area contributed by atoms with E-state index < -0.39 is 17.6 Å². The summed E-state index contributed by atoms with van der Waals surface area (Å²) in [4.78, 5) is 25.2. The van der Waals surface area contributed by atoms with E-state index in [2.05, 4.69) is 0 Å². The van der Waals surface area contributed by atoms with Gasteiger partial charge in [-0.05, 0) is 33.6 Å². The molecule has 1 rings (SSSR count). The zero-order chi connectivity index (χ0) is 14.6. The Balaban J connectivity index is 2.42. The monoisotopic (exact) mass is 272 g/mol. The van der Waals surface area contributed by atoms with Gasteiger partial charge in [-0.1, -0.05) is 0 Å². The Hall–Kier alpha value is -1.14. The van der Waals surface area contributed by atoms with Gasteiger partial charge in [0.2, 0.25) is 5.91 Å². The molecule has 6 heteroatoms. The van der Waals surface area contributed by atoms with E-state index in [0.717, 1.165) is 0 Å². The highest BCUT2D eigenvalue weighted by Gasteiger charge is 2.28. The van der Waals surface area contributed by atoms with E-state index in [4.69, 9.17) is 10.5 Å². The Morgan fingerprint density at radius 2 is 1.89 bits per heavy atom. The first-order valence-electron chi connectivity index (χ1n) is 6.63. The molecule has 110 valence electrons. The Labute approximate surface area is 113 Å². The number of hydrogen-bond acceptors (Lipinski definition) is 5. The van der Waals surface area contributed by atoms with Crippen molar-refractivity contribution in [2.75, 3.05) is 13.1 Å². The van der Waals surface area contributed by atoms with Crippen molar-refractivity contribution in [1.82, 2.24) is 4.90 Å². The first-order valence-corrected chi connectivity index (χ1v) is 6.63. The highest BCUT2D eigenvalue weighted by Crippen LogP contribution is 2.13. The average molecular weight is 272 g/mol. The normalized spacial score (nSPS) is 19.1. The first kappa shape index (κ1) is 15.9. The molecule has 3 N–H and O–H groups in total. The molecule has 1 fully saturated rings. The van der Waals surface area contributed by atoms with Gasteiger partial charge in [0.15, 0.2) is 0 Å². The van der Waals surface area contributed by atoms with Gasteiger partial charge in [-0.25, -0.2) is 0 Å². The van der Waals surface area contributed by atoms with E-state index >= 15 is 0 Å². The summed E-state index contributed by atoms with van der Waals surface area (Å²) in [5, 5.41) is 9.38. The van der Waals surface area contributed by atoms with E-state index in [1.807, 2.05) is 0 Å². The second-order valence-electron chi connectivity index (χ2n) is 5.95. The highest BCUT2D eigenvalue weighted by atomic mass is 16.6. The molecule has 1 amide bonds. The van der Waals surface area contributed by atoms with Crippen LogP contribution < -0.4 is 5.73 Å². The van der Waals surface area contributed by atoms with Gasteiger partial charge < -0.3 is 20.5 Å². The van der Waals surface area contributed by atoms with Gasteiger partial charge in [0.05, 0.1) is 18.6 Å². The van der Waals surface area contributed by atoms with Crippen molar-refractivity contribution in [2.45, 2.75) is 57.8 Å². The third-order valence-corrected chi connectivity index (χ3v) is 2.90. The topological polar surface area (TPSA) is 92.9 Å². The number of nitrogens with two attached hydrogens (primary N) is 1. The molecule has 0 aromatic carbocycles. The van der Waals surface area contributed by atoms with E-state index in [9.17, 15) is 14.7 Å². The van der Waals surface area contributed by atoms with Crippen molar-refractivity contribution >= 4 is 11.9 Å². The van der Waals surface area contributed by atoms with Gasteiger partial charge >= 0.3 is 5.97 Å². The van der Waals surface area contributed by atoms with Crippen molar-refractivity contribution < 1.29 is 19.4 Å². The molecule has 0 bridgehead atoms. The lowest BCUT2D eigenvalue weighted by Crippen LogP contribution is -2.49. The minimum absolute atomic E-state index is 0.116. The summed E-state index contributed by atoms with van der Waals surface area (Å²) in [5.41, 5.74) is 5.17. The predicted molar refractivity (Wildman–Crippen MR) is 70.3 cm³/mol. The Morgan fingerprint density at radius 3 is 2.37 bits per heavy atom. The van der Waals surface area contributed by atoms with Gasteiger partial charge in [0.25, 0.3) is 0 Å². The fourth-order valence-corrected chi connectivity index (χ4v) is 1.97. The second-order valence-corrected chi connectivity index (χ2v) is 5.95. The molecule has 1 heterocycles. The molecule has 0 saturated carbocycles. The summed E-state index contributed by atoms with van der Waals surface area (Å²) in [6, 6.07) is -0.870. The number of rotatable bonds is 3. The number of esters is 1. The Kier molecular flexibility index (Phi) is 5.31. The summed E-state index contributed by atoms with van der Waals surface area (Å²) < 4.78 is 5.13. The van der Waals surface area contributed by atoms with E-state index in [1.54, 1.807) is 25.7 Å². The van der Waals surface area contributed by atoms with Crippen LogP contribution in [0, 0.1) is 0 Å². The lowest BCUT2D eigenvalue weighted by Gasteiger charge is -2.31. The zero-order valence-electron chi connectivity index (χ0n) is 11.9. The van der Waals surface area contributed by atoms with Crippen LogP contribution in [0.4, 0.5) is 0 Å². The van der Waals surface area contributed by atoms with Crippen LogP contribution in [0.25, 0.3) is 0 Å². The maximum Gasteiger partial charge on any atom is 0.308 e. The van der Waals surface area contributed by atoms with Crippen molar-refractivity contribution in [3.8, 4) is 0 Å². The third kappa shape index (κ3) is 5.57. The van der Waals surface area contributed by atoms with Crippen LogP contribution in [-0.4, -0.2) is 52.7 Å². The molecule has 1 unspecified atom stereocenters. The molecular formula is C13H24N2O4. The average Bonchev–Trinajstić information content (AvgIpc) is 2.26. The molecule has 1 atom stereocenters. The van der Waals surface area contributed by atoms with E-state index in [0.29, 0.717) is 25.9 Å². The molecule has 1 aliphatic rings. The lowest BCUT2D eigenvalue weighted by atomic mass is 10.1. The molecule has 0 spiro atoms. The zero-order valence-corrected chi connectivity index (χ0v) is 11.9. The third-order valence-electron chi connectivity index (χ3n) is 2.90. The van der Waals surface area contributed by atoms with Crippen LogP contribution in [0.2, 0.25) is 0 Å². The first-order chi connectivity index (χ1) is 8.69. The minimum atomic E-state index is -0.870. The minimum Gasteiger partial charge on any atom is -0.460 e. The SMILES string of the molecule is CC(C)(C)OC(=O)CC(N)C(=O)N1CCC(O)CC1. The van der Waals surface area contributed by atoms with E-state index in [1.165, 1.54) is 0 Å². The number of nitrogens with zero attached hydrogens (tertiary/aromatic N) is 1. The van der Waals surface area contributed by atoms with Crippen molar-refractivity contribution in [3.63, 3.8) is 0 Å². The van der Waals surface area contributed by atoms with Crippen LogP contribution in [0.5, 0.6) is 0 Å². The fraction of sp³-hybridized carbons (Fsp3) is 0.846. The summed E-state index contributed by atoms with van der Waals surface area (Å²) in [5.74, 6) is -0.719. The van der Waals surface area contributed by atoms with Crippen LogP contribution in [0.3, 0.4) is 0 Å². The smallest absolute Gasteiger partial charge is 0.308 e. The predicted octanol–water partition coefficient (Wildman–Crippen LogP) is 0.0288. The molecule has 1 saturated heterocycles. The number of amides is 1. The Bertz CT molecular complexity index is 330. The number of carbonyl (C=O) groups is 2. The van der Waals surface area contributed by atoms with Gasteiger partial charge in [-0.3, -0.25) is 9.59 Å². The van der Waals surface area contributed by atoms with Crippen molar-refractivity contribution in [2.24, 2.45) is 5.73 Å². The maximum atomic E-state index is 12.0. The van der Waals surface area contributed by atoms with Crippen LogP contribution in [0.15, 0.2) is 0 Å². The van der Waals surface area contributed by atoms with Crippen molar-refractivity contribution in [3.05, 3.63) is 0 Å². The lowest BCUT2D eigenvalue weighted by molar-refractivity contribution is -0.157. The summed E-state index contributed by atoms with van der Waals surface area (Å²) in [6.07, 6.45) is 0.663. The molecule has 1 aliphatic heterocycles. The second kappa shape index (κ2) is 6.34. The molecule has 0 aliphatic carbocycles. The molecule has 0 aromatic heterocycles. The van der Waals surface area contributed by atoms with Crippen LogP contribution >= 0.6 is 0 Å². The Morgan fingerprint density at radius 1 is 1.37 bits per heavy atom. The standard InChI is InChI=1S/C13H24N2O4/c1-13(2,3)19-11(17)8-10(14)12(18)15-6-4-9(16)5-7-15/h9-10,16H,4-8,14H2,1-3H3. The highest BCUT2D eigenvalue weighted by molar-refractivity contribution is 5.86. The number of ether oxygens (including phenoxy) is 1. The molecule has 0 radical (unpaired) electrons. The number of piperidine rings is 1. The largest absolute Gasteiger partial charge is 0.460 e. The summed E-state index contributed by atoms with van der Waals surface area (Å²) >= 11 is 0. The van der Waals surface area contributed by atoms with Crippen molar-refractivity contribution in [1.29, 1.82) is 0 Å². The summed E-state index contributed by atoms with van der Waals surface area (Å²) in [6.45, 7) is 6.28. The molecule has 0 aromatic rings. The fourth-order valence-electron chi connectivity index (χ4n) is 1.97. The van der Waals surface area contributed by atoms with Gasteiger partial charge in [-0.15, -0.1) is 0 Å². The maximum absolute atomic E-state index is 12.0. The molecule has 6 nitrogen and oxygen atoms in total. The number of aliphatic hydroxyl groups excluding tert-OH is 1. The number of carbonyl (C=O) groups excluding carboxylic acids is 2. The van der Waals surface area contributed by atoms with Crippen LogP contribution in [0.1, 0.15) is 40.0 Å². The van der Waals surface area contributed by atoms with Gasteiger partial charge in [0, 0.05) is 13.1 Å². The van der Waals surface area contributed by atoms with E-state index in [-0.39, 0.29) is 18.4 Å². The number of hydrogen-bond donors (Lipinski definition) is 2. The van der Waals surface area contributed by atoms with Gasteiger partial charge in [0.1, 0.15) is 5.60 Å². The van der Waals surface area contributed by atoms with Gasteiger partial charge in [-0.2, -0.15) is 0 Å². The molecular weight excluding hydrogens is 248 g/mol. The summed E-state index contributed by atoms with van der Waals surface area (Å²) in [7, 11) is 0.